The van der Waals surface area contributed by atoms with E-state index in [0.29, 0.717) is 5.92 Å². The van der Waals surface area contributed by atoms with Crippen LogP contribution in [0.4, 0.5) is 17.1 Å². The maximum absolute atomic E-state index is 2.51. The van der Waals surface area contributed by atoms with Crippen LogP contribution in [0, 0.1) is 11.8 Å². The lowest BCUT2D eigenvalue weighted by molar-refractivity contribution is 0.420. The zero-order valence-corrected chi connectivity index (χ0v) is 35.4. The highest BCUT2D eigenvalue weighted by Gasteiger charge is 2.40. The van der Waals surface area contributed by atoms with Crippen LogP contribution < -0.4 is 4.90 Å². The largest absolute Gasteiger partial charge is 0.310 e. The van der Waals surface area contributed by atoms with Gasteiger partial charge >= 0.3 is 0 Å². The van der Waals surface area contributed by atoms with Gasteiger partial charge in [-0.2, -0.15) is 0 Å². The Labute approximate surface area is 353 Å². The molecule has 0 aromatic heterocycles. The molecule has 0 N–H and O–H groups in total. The molecule has 0 heterocycles. The van der Waals surface area contributed by atoms with E-state index in [1.165, 1.54) is 163 Å². The van der Waals surface area contributed by atoms with E-state index < -0.39 is 0 Å². The Hall–Kier alpha value is -4.88. The number of benzene rings is 6. The van der Waals surface area contributed by atoms with Gasteiger partial charge in [0, 0.05) is 22.5 Å². The third-order valence-electron chi connectivity index (χ3n) is 16.0. The SMILES string of the molecule is CC1(C)c2ccc(-c3ccc(C4CCCCC4)cc3)cc2-c2ccc(N(c3ccc(-c4ccccc4C4CCCCC4)cc3)c3ccc(C4CC5CCC4C5)cc3)cc21. The zero-order valence-electron chi connectivity index (χ0n) is 35.4. The van der Waals surface area contributed by atoms with Crippen molar-refractivity contribution in [3.63, 3.8) is 0 Å². The number of anilines is 3. The molecule has 0 aliphatic heterocycles. The van der Waals surface area contributed by atoms with Crippen molar-refractivity contribution in [2.75, 3.05) is 4.90 Å². The molecule has 298 valence electrons. The molecule has 6 aromatic rings. The van der Waals surface area contributed by atoms with Gasteiger partial charge in [-0.25, -0.2) is 0 Å². The minimum Gasteiger partial charge on any atom is -0.310 e. The smallest absolute Gasteiger partial charge is 0.0465 e. The average Bonchev–Trinajstić information content (AvgIpc) is 4.00. The highest BCUT2D eigenvalue weighted by Crippen LogP contribution is 2.54. The van der Waals surface area contributed by atoms with Gasteiger partial charge in [-0.3, -0.25) is 0 Å². The van der Waals surface area contributed by atoms with E-state index in [2.05, 4.69) is 152 Å². The molecular formula is C58H61N. The molecule has 0 spiro atoms. The molecule has 3 unspecified atom stereocenters. The van der Waals surface area contributed by atoms with Crippen LogP contribution in [0.2, 0.25) is 0 Å². The minimum atomic E-state index is -0.103. The molecule has 1 heteroatoms. The van der Waals surface area contributed by atoms with Crippen LogP contribution in [0.3, 0.4) is 0 Å². The van der Waals surface area contributed by atoms with Gasteiger partial charge in [0.1, 0.15) is 0 Å². The van der Waals surface area contributed by atoms with Crippen LogP contribution in [0.1, 0.15) is 149 Å². The third kappa shape index (κ3) is 6.78. The Morgan fingerprint density at radius 2 is 1.07 bits per heavy atom. The normalized spacial score (nSPS) is 22.3. The molecule has 2 bridgehead atoms. The number of rotatable bonds is 8. The summed E-state index contributed by atoms with van der Waals surface area (Å²) in [7, 11) is 0. The van der Waals surface area contributed by atoms with Crippen LogP contribution in [0.15, 0.2) is 133 Å². The van der Waals surface area contributed by atoms with Crippen molar-refractivity contribution in [1.29, 1.82) is 0 Å². The molecule has 5 aliphatic carbocycles. The predicted molar refractivity (Wildman–Crippen MR) is 249 cm³/mol. The molecule has 3 atom stereocenters. The van der Waals surface area contributed by atoms with Crippen molar-refractivity contribution >= 4 is 17.1 Å². The first kappa shape index (κ1) is 37.1. The maximum atomic E-state index is 2.51. The zero-order chi connectivity index (χ0) is 39.5. The quantitative estimate of drug-likeness (QED) is 0.149. The summed E-state index contributed by atoms with van der Waals surface area (Å²) in [5, 5.41) is 0. The summed E-state index contributed by atoms with van der Waals surface area (Å²) in [5.74, 6) is 3.98. The van der Waals surface area contributed by atoms with E-state index in [1.807, 2.05) is 0 Å². The summed E-state index contributed by atoms with van der Waals surface area (Å²) in [6, 6.07) is 52.5. The van der Waals surface area contributed by atoms with Crippen molar-refractivity contribution in [2.24, 2.45) is 11.8 Å². The fourth-order valence-electron chi connectivity index (χ4n) is 12.7. The van der Waals surface area contributed by atoms with Crippen molar-refractivity contribution in [3.8, 4) is 33.4 Å². The second-order valence-electron chi connectivity index (χ2n) is 19.7. The average molecular weight is 772 g/mol. The Balaban J connectivity index is 0.947. The lowest BCUT2D eigenvalue weighted by Gasteiger charge is -2.29. The summed E-state index contributed by atoms with van der Waals surface area (Å²) >= 11 is 0. The number of nitrogens with zero attached hydrogens (tertiary/aromatic N) is 1. The van der Waals surface area contributed by atoms with Gasteiger partial charge in [0.15, 0.2) is 0 Å². The molecule has 4 fully saturated rings. The van der Waals surface area contributed by atoms with E-state index >= 15 is 0 Å². The van der Waals surface area contributed by atoms with Crippen LogP contribution in [0.25, 0.3) is 33.4 Å². The lowest BCUT2D eigenvalue weighted by atomic mass is 9.81. The monoisotopic (exact) mass is 771 g/mol. The fourth-order valence-corrected chi connectivity index (χ4v) is 12.7. The highest BCUT2D eigenvalue weighted by atomic mass is 15.1. The standard InChI is InChI=1S/C58H61N/c1-58(2)56-34-27-46(42-21-19-41(20-22-42)40-11-5-3-6-12-40)37-55(56)53-33-32-50(38-57(53)58)59(49-30-25-45(26-31-49)54-36-39-17-18-47(54)35-39)48-28-23-44(24-29-48)52-16-10-9-15-51(52)43-13-7-4-8-14-43/h9-10,15-16,19-34,37-40,43,47,54H,3-8,11-14,17-18,35-36H2,1-2H3. The third-order valence-corrected chi connectivity index (χ3v) is 16.0. The van der Waals surface area contributed by atoms with E-state index in [4.69, 9.17) is 0 Å². The number of hydrogen-bond acceptors (Lipinski definition) is 1. The molecule has 6 aromatic carbocycles. The molecule has 4 saturated carbocycles. The second-order valence-corrected chi connectivity index (χ2v) is 19.7. The van der Waals surface area contributed by atoms with Gasteiger partial charge in [0.25, 0.3) is 0 Å². The topological polar surface area (TPSA) is 3.24 Å². The van der Waals surface area contributed by atoms with E-state index in [1.54, 1.807) is 5.56 Å². The molecular weight excluding hydrogens is 711 g/mol. The summed E-state index contributed by atoms with van der Waals surface area (Å²) < 4.78 is 0. The van der Waals surface area contributed by atoms with E-state index in [0.717, 1.165) is 23.7 Å². The van der Waals surface area contributed by atoms with Gasteiger partial charge < -0.3 is 4.90 Å². The molecule has 0 amide bonds. The number of fused-ring (bicyclic) bond motifs is 5. The van der Waals surface area contributed by atoms with Gasteiger partial charge in [-0.05, 0) is 178 Å². The second kappa shape index (κ2) is 15.3. The Bertz CT molecular complexity index is 2440. The van der Waals surface area contributed by atoms with Crippen molar-refractivity contribution < 1.29 is 0 Å². The van der Waals surface area contributed by atoms with Crippen LogP contribution in [-0.2, 0) is 5.41 Å². The summed E-state index contributed by atoms with van der Waals surface area (Å²) in [6.45, 7) is 4.85. The molecule has 0 radical (unpaired) electrons. The van der Waals surface area contributed by atoms with Gasteiger partial charge in [0.05, 0.1) is 0 Å². The molecule has 59 heavy (non-hydrogen) atoms. The van der Waals surface area contributed by atoms with Crippen molar-refractivity contribution in [2.45, 2.75) is 127 Å². The molecule has 5 aliphatic rings. The van der Waals surface area contributed by atoms with Crippen molar-refractivity contribution in [3.05, 3.63) is 161 Å². The van der Waals surface area contributed by atoms with Crippen LogP contribution in [-0.4, -0.2) is 0 Å². The molecule has 0 saturated heterocycles. The highest BCUT2D eigenvalue weighted by molar-refractivity contribution is 5.88. The van der Waals surface area contributed by atoms with Gasteiger partial charge in [0.2, 0.25) is 0 Å². The summed E-state index contributed by atoms with van der Waals surface area (Å²) in [5.41, 5.74) is 19.1. The van der Waals surface area contributed by atoms with Crippen molar-refractivity contribution in [1.82, 2.24) is 0 Å². The Morgan fingerprint density at radius 1 is 0.441 bits per heavy atom. The Kier molecular flexibility index (Phi) is 9.63. The predicted octanol–water partition coefficient (Wildman–Crippen LogP) is 16.8. The van der Waals surface area contributed by atoms with Gasteiger partial charge in [-0.15, -0.1) is 0 Å². The van der Waals surface area contributed by atoms with E-state index in [9.17, 15) is 0 Å². The van der Waals surface area contributed by atoms with Crippen LogP contribution >= 0.6 is 0 Å². The molecule has 1 nitrogen and oxygen atoms in total. The lowest BCUT2D eigenvalue weighted by Crippen LogP contribution is -2.16. The molecule has 11 rings (SSSR count). The summed E-state index contributed by atoms with van der Waals surface area (Å²) in [4.78, 5) is 2.51. The minimum absolute atomic E-state index is 0.103. The van der Waals surface area contributed by atoms with E-state index in [-0.39, 0.29) is 5.41 Å². The Morgan fingerprint density at radius 3 is 1.76 bits per heavy atom. The fraction of sp³-hybridized carbons (Fsp3) is 0.379. The first-order valence-corrected chi connectivity index (χ1v) is 23.5. The maximum Gasteiger partial charge on any atom is 0.0465 e. The first-order chi connectivity index (χ1) is 29.0. The first-order valence-electron chi connectivity index (χ1n) is 23.5. The van der Waals surface area contributed by atoms with Gasteiger partial charge in [-0.1, -0.05) is 150 Å². The number of hydrogen-bond donors (Lipinski definition) is 0. The van der Waals surface area contributed by atoms with Crippen LogP contribution in [0.5, 0.6) is 0 Å². The summed E-state index contributed by atoms with van der Waals surface area (Å²) in [6.07, 6.45) is 19.2.